The number of benzene rings is 2. The molecular weight excluding hydrogens is 388 g/mol. The van der Waals surface area contributed by atoms with Gasteiger partial charge in [-0.05, 0) is 49.2 Å². The highest BCUT2D eigenvalue weighted by Crippen LogP contribution is 2.30. The maximum absolute atomic E-state index is 14.9. The average molecular weight is 407 g/mol. The summed E-state index contributed by atoms with van der Waals surface area (Å²) in [6, 6.07) is 8.55. The topological polar surface area (TPSA) is 75.6 Å². The molecule has 1 atom stereocenters. The molecule has 2 aromatic carbocycles. The molecule has 0 radical (unpaired) electrons. The van der Waals surface area contributed by atoms with Gasteiger partial charge in [-0.15, -0.1) is 0 Å². The summed E-state index contributed by atoms with van der Waals surface area (Å²) < 4.78 is 30.2. The van der Waals surface area contributed by atoms with Crippen LogP contribution in [0.25, 0.3) is 22.2 Å². The average Bonchev–Trinajstić information content (AvgIpc) is 3.31. The third kappa shape index (κ3) is 3.14. The Bertz CT molecular complexity index is 1280. The minimum atomic E-state index is -0.577. The number of fused-ring (bicyclic) bond motifs is 2. The molecule has 30 heavy (non-hydrogen) atoms. The van der Waals surface area contributed by atoms with Crippen molar-refractivity contribution >= 4 is 16.8 Å². The molecule has 1 aliphatic carbocycles. The fraction of sp³-hybridized carbons (Fsp3) is 0.227. The van der Waals surface area contributed by atoms with Crippen molar-refractivity contribution in [1.29, 1.82) is 0 Å². The van der Waals surface area contributed by atoms with Gasteiger partial charge in [0.1, 0.15) is 17.3 Å². The van der Waals surface area contributed by atoms with Crippen molar-refractivity contribution in [3.05, 3.63) is 71.3 Å². The van der Waals surface area contributed by atoms with E-state index in [0.29, 0.717) is 23.0 Å². The molecule has 0 saturated heterocycles. The third-order valence-corrected chi connectivity index (χ3v) is 5.62. The van der Waals surface area contributed by atoms with Crippen molar-refractivity contribution in [1.82, 2.24) is 25.1 Å². The van der Waals surface area contributed by atoms with Gasteiger partial charge < -0.3 is 10.3 Å². The first kappa shape index (κ1) is 18.5. The van der Waals surface area contributed by atoms with E-state index < -0.39 is 11.6 Å². The molecule has 0 fully saturated rings. The van der Waals surface area contributed by atoms with E-state index in [1.54, 1.807) is 30.2 Å². The maximum Gasteiger partial charge on any atom is 0.251 e. The van der Waals surface area contributed by atoms with Gasteiger partial charge in [-0.25, -0.2) is 13.8 Å². The SMILES string of the molecule is Cn1nc(-c2ccc(C(=O)NC3CCc4nc[nH]c4C3)cc2F)c2cc(F)ccc21. The molecule has 1 unspecified atom stereocenters. The highest BCUT2D eigenvalue weighted by atomic mass is 19.1. The Hall–Kier alpha value is -3.55. The zero-order valence-electron chi connectivity index (χ0n) is 16.2. The zero-order valence-corrected chi connectivity index (χ0v) is 16.2. The summed E-state index contributed by atoms with van der Waals surface area (Å²) in [5.41, 5.74) is 3.57. The lowest BCUT2D eigenvalue weighted by Crippen LogP contribution is -2.39. The number of rotatable bonds is 3. The summed E-state index contributed by atoms with van der Waals surface area (Å²) in [6.45, 7) is 0. The number of amides is 1. The van der Waals surface area contributed by atoms with Gasteiger partial charge in [0, 0.05) is 41.7 Å². The fourth-order valence-corrected chi connectivity index (χ4v) is 4.08. The smallest absolute Gasteiger partial charge is 0.251 e. The molecule has 1 aliphatic rings. The molecule has 2 heterocycles. The van der Waals surface area contributed by atoms with Gasteiger partial charge in [-0.1, -0.05) is 0 Å². The minimum Gasteiger partial charge on any atom is -0.349 e. The largest absolute Gasteiger partial charge is 0.349 e. The van der Waals surface area contributed by atoms with Crippen LogP contribution in [0.1, 0.15) is 28.2 Å². The molecule has 0 bridgehead atoms. The van der Waals surface area contributed by atoms with Crippen LogP contribution in [-0.4, -0.2) is 31.7 Å². The molecular formula is C22H19F2N5O. The van der Waals surface area contributed by atoms with Crippen LogP contribution in [0.3, 0.4) is 0 Å². The quantitative estimate of drug-likeness (QED) is 0.546. The van der Waals surface area contributed by atoms with Crippen molar-refractivity contribution in [3.8, 4) is 11.3 Å². The Labute approximate surface area is 170 Å². The molecule has 0 saturated carbocycles. The number of carbonyl (C=O) groups is 1. The van der Waals surface area contributed by atoms with Gasteiger partial charge in [0.15, 0.2) is 0 Å². The van der Waals surface area contributed by atoms with Crippen molar-refractivity contribution < 1.29 is 13.6 Å². The number of hydrogen-bond donors (Lipinski definition) is 2. The van der Waals surface area contributed by atoms with Crippen LogP contribution in [0.2, 0.25) is 0 Å². The number of aryl methyl sites for hydroxylation is 2. The fourth-order valence-electron chi connectivity index (χ4n) is 4.08. The molecule has 0 aliphatic heterocycles. The number of nitrogens with one attached hydrogen (secondary N) is 2. The Kier molecular flexibility index (Phi) is 4.34. The van der Waals surface area contributed by atoms with Crippen LogP contribution >= 0.6 is 0 Å². The van der Waals surface area contributed by atoms with Gasteiger partial charge in [0.2, 0.25) is 0 Å². The van der Waals surface area contributed by atoms with E-state index in [-0.39, 0.29) is 23.1 Å². The highest BCUT2D eigenvalue weighted by molar-refractivity contribution is 5.97. The number of aromatic amines is 1. The second-order valence-electron chi connectivity index (χ2n) is 7.57. The van der Waals surface area contributed by atoms with Crippen LogP contribution in [0.5, 0.6) is 0 Å². The number of H-pyrrole nitrogens is 1. The van der Waals surface area contributed by atoms with Crippen molar-refractivity contribution in [2.75, 3.05) is 0 Å². The molecule has 4 aromatic rings. The van der Waals surface area contributed by atoms with E-state index >= 15 is 0 Å². The van der Waals surface area contributed by atoms with E-state index in [4.69, 9.17) is 0 Å². The lowest BCUT2D eigenvalue weighted by Gasteiger charge is -2.22. The Morgan fingerprint density at radius 1 is 1.23 bits per heavy atom. The van der Waals surface area contributed by atoms with Crippen LogP contribution in [0, 0.1) is 11.6 Å². The summed E-state index contributed by atoms with van der Waals surface area (Å²) in [7, 11) is 1.72. The molecule has 2 N–H and O–H groups in total. The summed E-state index contributed by atoms with van der Waals surface area (Å²) in [5.74, 6) is -1.32. The first-order valence-electron chi connectivity index (χ1n) is 9.74. The zero-order chi connectivity index (χ0) is 20.8. The van der Waals surface area contributed by atoms with Crippen molar-refractivity contribution in [3.63, 3.8) is 0 Å². The Morgan fingerprint density at radius 3 is 2.93 bits per heavy atom. The van der Waals surface area contributed by atoms with Crippen LogP contribution in [0.15, 0.2) is 42.7 Å². The number of hydrogen-bond acceptors (Lipinski definition) is 3. The standard InChI is InChI=1S/C22H19F2N5O/c1-29-20-7-3-13(23)9-16(20)21(28-29)15-5-2-12(8-17(15)24)22(30)27-14-4-6-18-19(10-14)26-11-25-18/h2-3,5,7-9,11,14H,4,6,10H2,1H3,(H,25,26)(H,27,30). The van der Waals surface area contributed by atoms with E-state index in [0.717, 1.165) is 24.2 Å². The molecule has 0 spiro atoms. The maximum atomic E-state index is 14.9. The van der Waals surface area contributed by atoms with E-state index in [2.05, 4.69) is 20.4 Å². The normalized spacial score (nSPS) is 15.9. The van der Waals surface area contributed by atoms with Crippen molar-refractivity contribution in [2.24, 2.45) is 7.05 Å². The second kappa shape index (κ2) is 7.05. The predicted octanol–water partition coefficient (Wildman–Crippen LogP) is 3.53. The molecule has 152 valence electrons. The molecule has 1 amide bonds. The number of halogens is 2. The summed E-state index contributed by atoms with van der Waals surface area (Å²) in [4.78, 5) is 20.0. The van der Waals surface area contributed by atoms with Crippen LogP contribution < -0.4 is 5.32 Å². The van der Waals surface area contributed by atoms with Gasteiger partial charge in [0.25, 0.3) is 5.91 Å². The van der Waals surface area contributed by atoms with Gasteiger partial charge >= 0.3 is 0 Å². The van der Waals surface area contributed by atoms with E-state index in [9.17, 15) is 13.6 Å². The number of carbonyl (C=O) groups excluding carboxylic acids is 1. The number of aromatic nitrogens is 4. The van der Waals surface area contributed by atoms with E-state index in [1.165, 1.54) is 24.3 Å². The molecule has 5 rings (SSSR count). The summed E-state index contributed by atoms with van der Waals surface area (Å²) in [6.07, 6.45) is 3.92. The second-order valence-corrected chi connectivity index (χ2v) is 7.57. The highest BCUT2D eigenvalue weighted by Gasteiger charge is 2.23. The van der Waals surface area contributed by atoms with Crippen LogP contribution in [0.4, 0.5) is 8.78 Å². The lowest BCUT2D eigenvalue weighted by molar-refractivity contribution is 0.0933. The Balaban J connectivity index is 1.40. The molecule has 8 heteroatoms. The minimum absolute atomic E-state index is 0.0316. The number of imidazole rings is 1. The molecule has 6 nitrogen and oxygen atoms in total. The van der Waals surface area contributed by atoms with Crippen LogP contribution in [-0.2, 0) is 19.9 Å². The first-order chi connectivity index (χ1) is 14.5. The molecule has 2 aromatic heterocycles. The Morgan fingerprint density at radius 2 is 2.10 bits per heavy atom. The van der Waals surface area contributed by atoms with Gasteiger partial charge in [-0.3, -0.25) is 9.48 Å². The third-order valence-electron chi connectivity index (χ3n) is 5.62. The summed E-state index contributed by atoms with van der Waals surface area (Å²) in [5, 5.41) is 7.84. The van der Waals surface area contributed by atoms with E-state index in [1.807, 2.05) is 0 Å². The summed E-state index contributed by atoms with van der Waals surface area (Å²) >= 11 is 0. The van der Waals surface area contributed by atoms with Gasteiger partial charge in [0.05, 0.1) is 17.5 Å². The monoisotopic (exact) mass is 407 g/mol. The lowest BCUT2D eigenvalue weighted by atomic mass is 9.95. The number of nitrogens with zero attached hydrogens (tertiary/aromatic N) is 3. The first-order valence-corrected chi connectivity index (χ1v) is 9.74. The van der Waals surface area contributed by atoms with Crippen molar-refractivity contribution in [2.45, 2.75) is 25.3 Å². The van der Waals surface area contributed by atoms with Gasteiger partial charge in [-0.2, -0.15) is 5.10 Å². The predicted molar refractivity (Wildman–Crippen MR) is 108 cm³/mol.